The minimum atomic E-state index is -0.463. The van der Waals surface area contributed by atoms with Crippen LogP contribution in [0.1, 0.15) is 11.1 Å². The highest BCUT2D eigenvalue weighted by Gasteiger charge is 2.41. The van der Waals surface area contributed by atoms with Crippen molar-refractivity contribution in [3.8, 4) is 5.75 Å². The molecule has 0 unspecified atom stereocenters. The van der Waals surface area contributed by atoms with E-state index in [1.54, 1.807) is 18.2 Å². The molecule has 2 amide bonds. The van der Waals surface area contributed by atoms with Gasteiger partial charge in [-0.1, -0.05) is 53.7 Å². The molecule has 4 rings (SSSR count). The van der Waals surface area contributed by atoms with Gasteiger partial charge in [-0.3, -0.25) is 9.59 Å². The normalized spacial score (nSPS) is 13.7. The summed E-state index contributed by atoms with van der Waals surface area (Å²) in [4.78, 5) is 29.4. The summed E-state index contributed by atoms with van der Waals surface area (Å²) in [6.45, 7) is 3.97. The molecule has 0 spiro atoms. The Morgan fingerprint density at radius 1 is 0.938 bits per heavy atom. The highest BCUT2D eigenvalue weighted by Crippen LogP contribution is 2.41. The Hall–Kier alpha value is -3.22. The summed E-state index contributed by atoms with van der Waals surface area (Å²) in [6, 6.07) is 20.1. The highest BCUT2D eigenvalue weighted by atomic mass is 35.5. The van der Waals surface area contributed by atoms with Crippen LogP contribution in [0.5, 0.6) is 5.75 Å². The first-order valence-corrected chi connectivity index (χ1v) is 11.1. The van der Waals surface area contributed by atoms with Gasteiger partial charge in [0, 0.05) is 15.6 Å². The Balaban J connectivity index is 1.81. The molecule has 0 aromatic heterocycles. The predicted octanol–water partition coefficient (Wildman–Crippen LogP) is 5.95. The molecular formula is C25H21ClN2O3S. The number of anilines is 2. The van der Waals surface area contributed by atoms with Crippen LogP contribution in [0.2, 0.25) is 5.02 Å². The summed E-state index contributed by atoms with van der Waals surface area (Å²) in [5, 5.41) is 3.62. The molecular weight excluding hydrogens is 444 g/mol. The van der Waals surface area contributed by atoms with Gasteiger partial charge < -0.3 is 10.1 Å². The van der Waals surface area contributed by atoms with E-state index in [9.17, 15) is 9.59 Å². The minimum absolute atomic E-state index is 0.222. The standard InChI is InChI=1S/C25H21ClN2O3S/c1-15-8-7-11-19(16(15)2)27-22-23(32-18-9-5-4-6-10-18)25(30)28(24(22)29)20-14-17(26)12-13-21(20)31-3/h4-14,27H,1-3H3. The lowest BCUT2D eigenvalue weighted by atomic mass is 10.1. The van der Waals surface area contributed by atoms with E-state index in [-0.39, 0.29) is 5.70 Å². The highest BCUT2D eigenvalue weighted by molar-refractivity contribution is 8.04. The molecule has 7 heteroatoms. The second kappa shape index (κ2) is 9.10. The van der Waals surface area contributed by atoms with E-state index in [1.165, 1.54) is 18.9 Å². The maximum atomic E-state index is 13.6. The van der Waals surface area contributed by atoms with Crippen LogP contribution in [0.15, 0.2) is 82.2 Å². The van der Waals surface area contributed by atoms with Crippen LogP contribution in [-0.4, -0.2) is 18.9 Å². The van der Waals surface area contributed by atoms with Crippen LogP contribution in [0.3, 0.4) is 0 Å². The molecule has 162 valence electrons. The van der Waals surface area contributed by atoms with Gasteiger partial charge >= 0.3 is 0 Å². The lowest BCUT2D eigenvalue weighted by molar-refractivity contribution is -0.120. The molecule has 0 fully saturated rings. The fraction of sp³-hybridized carbons (Fsp3) is 0.120. The number of amides is 2. The lowest BCUT2D eigenvalue weighted by Gasteiger charge is -2.19. The molecule has 5 nitrogen and oxygen atoms in total. The van der Waals surface area contributed by atoms with E-state index in [1.807, 2.05) is 62.4 Å². The Morgan fingerprint density at radius 2 is 1.69 bits per heavy atom. The zero-order chi connectivity index (χ0) is 22.8. The second-order valence-electron chi connectivity index (χ2n) is 7.25. The average Bonchev–Trinajstić information content (AvgIpc) is 3.01. The monoisotopic (exact) mass is 464 g/mol. The third-order valence-corrected chi connectivity index (χ3v) is 6.58. The number of imide groups is 1. The molecule has 0 radical (unpaired) electrons. The van der Waals surface area contributed by atoms with E-state index in [0.717, 1.165) is 26.6 Å². The number of halogens is 1. The summed E-state index contributed by atoms with van der Waals surface area (Å²) in [6.07, 6.45) is 0. The number of aryl methyl sites for hydroxylation is 1. The molecule has 1 N–H and O–H groups in total. The third kappa shape index (κ3) is 4.11. The molecule has 0 bridgehead atoms. The van der Waals surface area contributed by atoms with Gasteiger partial charge in [0.2, 0.25) is 0 Å². The number of nitrogens with zero attached hydrogens (tertiary/aromatic N) is 1. The summed E-state index contributed by atoms with van der Waals surface area (Å²) >= 11 is 7.43. The summed E-state index contributed by atoms with van der Waals surface area (Å²) in [5.74, 6) is -0.514. The fourth-order valence-electron chi connectivity index (χ4n) is 3.40. The number of ether oxygens (including phenoxy) is 1. The molecule has 0 saturated carbocycles. The molecule has 0 saturated heterocycles. The maximum Gasteiger partial charge on any atom is 0.283 e. The number of rotatable bonds is 6. The fourth-order valence-corrected chi connectivity index (χ4v) is 4.51. The molecule has 1 heterocycles. The van der Waals surface area contributed by atoms with E-state index in [2.05, 4.69) is 5.32 Å². The zero-order valence-corrected chi connectivity index (χ0v) is 19.4. The van der Waals surface area contributed by atoms with Crippen LogP contribution < -0.4 is 15.0 Å². The van der Waals surface area contributed by atoms with Crippen LogP contribution in [0.25, 0.3) is 0 Å². The van der Waals surface area contributed by atoms with Gasteiger partial charge in [-0.25, -0.2) is 4.90 Å². The smallest absolute Gasteiger partial charge is 0.283 e. The first-order valence-electron chi connectivity index (χ1n) is 9.93. The molecule has 0 aliphatic carbocycles. The van der Waals surface area contributed by atoms with Gasteiger partial charge in [-0.2, -0.15) is 0 Å². The topological polar surface area (TPSA) is 58.6 Å². The lowest BCUT2D eigenvalue weighted by Crippen LogP contribution is -2.32. The van der Waals surface area contributed by atoms with Crippen molar-refractivity contribution in [1.29, 1.82) is 0 Å². The molecule has 3 aromatic carbocycles. The van der Waals surface area contributed by atoms with Gasteiger partial charge in [0.15, 0.2) is 0 Å². The van der Waals surface area contributed by atoms with E-state index in [4.69, 9.17) is 16.3 Å². The van der Waals surface area contributed by atoms with Gasteiger partial charge in [0.25, 0.3) is 11.8 Å². The van der Waals surface area contributed by atoms with Crippen LogP contribution in [0, 0.1) is 13.8 Å². The minimum Gasteiger partial charge on any atom is -0.495 e. The van der Waals surface area contributed by atoms with Crippen molar-refractivity contribution >= 4 is 46.6 Å². The largest absolute Gasteiger partial charge is 0.495 e. The number of hydrogen-bond donors (Lipinski definition) is 1. The first-order chi connectivity index (χ1) is 15.4. The molecule has 32 heavy (non-hydrogen) atoms. The van der Waals surface area contributed by atoms with Crippen molar-refractivity contribution in [3.63, 3.8) is 0 Å². The molecule has 0 atom stereocenters. The quantitative estimate of drug-likeness (QED) is 0.456. The second-order valence-corrected chi connectivity index (χ2v) is 8.77. The van der Waals surface area contributed by atoms with Crippen molar-refractivity contribution in [2.45, 2.75) is 18.7 Å². The molecule has 1 aliphatic heterocycles. The number of methoxy groups -OCH3 is 1. The van der Waals surface area contributed by atoms with Crippen LogP contribution in [-0.2, 0) is 9.59 Å². The van der Waals surface area contributed by atoms with E-state index < -0.39 is 11.8 Å². The van der Waals surface area contributed by atoms with E-state index in [0.29, 0.717) is 21.4 Å². The van der Waals surface area contributed by atoms with Crippen molar-refractivity contribution in [1.82, 2.24) is 0 Å². The number of nitrogens with one attached hydrogen (secondary N) is 1. The number of hydrogen-bond acceptors (Lipinski definition) is 5. The van der Waals surface area contributed by atoms with Crippen LogP contribution >= 0.6 is 23.4 Å². The Kier molecular flexibility index (Phi) is 6.26. The number of carbonyl (C=O) groups is 2. The molecule has 1 aliphatic rings. The van der Waals surface area contributed by atoms with Crippen molar-refractivity contribution in [2.24, 2.45) is 0 Å². The Morgan fingerprint density at radius 3 is 2.41 bits per heavy atom. The maximum absolute atomic E-state index is 13.6. The van der Waals surface area contributed by atoms with Gasteiger partial charge in [0.05, 0.1) is 12.8 Å². The Labute approximate surface area is 196 Å². The molecule has 3 aromatic rings. The first kappa shape index (κ1) is 22.0. The van der Waals surface area contributed by atoms with E-state index >= 15 is 0 Å². The van der Waals surface area contributed by atoms with Gasteiger partial charge in [-0.05, 0) is 61.4 Å². The predicted molar refractivity (Wildman–Crippen MR) is 129 cm³/mol. The Bertz CT molecular complexity index is 1240. The van der Waals surface area contributed by atoms with Gasteiger partial charge in [-0.15, -0.1) is 0 Å². The van der Waals surface area contributed by atoms with Crippen molar-refractivity contribution in [3.05, 3.63) is 93.5 Å². The summed E-state index contributed by atoms with van der Waals surface area (Å²) in [5.41, 5.74) is 3.38. The zero-order valence-electron chi connectivity index (χ0n) is 17.8. The van der Waals surface area contributed by atoms with Crippen LogP contribution in [0.4, 0.5) is 11.4 Å². The van der Waals surface area contributed by atoms with Crippen molar-refractivity contribution in [2.75, 3.05) is 17.3 Å². The summed E-state index contributed by atoms with van der Waals surface area (Å²) in [7, 11) is 1.49. The average molecular weight is 465 g/mol. The summed E-state index contributed by atoms with van der Waals surface area (Å²) < 4.78 is 5.40. The number of carbonyl (C=O) groups excluding carboxylic acids is 2. The van der Waals surface area contributed by atoms with Crippen molar-refractivity contribution < 1.29 is 14.3 Å². The van der Waals surface area contributed by atoms with Gasteiger partial charge in [0.1, 0.15) is 16.4 Å². The number of thioether (sulfide) groups is 1. The SMILES string of the molecule is COc1ccc(Cl)cc1N1C(=O)C(Nc2cccc(C)c2C)=C(Sc2ccccc2)C1=O. The third-order valence-electron chi connectivity index (χ3n) is 5.25. The number of benzene rings is 3.